The number of aldehydes is 1. The van der Waals surface area contributed by atoms with E-state index in [0.29, 0.717) is 37.4 Å². The molecule has 0 radical (unpaired) electrons. The number of ether oxygens (including phenoxy) is 4. The molecule has 0 aliphatic carbocycles. The normalized spacial score (nSPS) is 14.0. The minimum Gasteiger partial charge on any atom is -0.493 e. The number of benzene rings is 1. The largest absolute Gasteiger partial charge is 0.493 e. The van der Waals surface area contributed by atoms with E-state index in [2.05, 4.69) is 5.32 Å². The highest BCUT2D eigenvalue weighted by atomic mass is 16.5. The van der Waals surface area contributed by atoms with Gasteiger partial charge in [-0.25, -0.2) is 0 Å². The number of imide groups is 1. The van der Waals surface area contributed by atoms with Crippen LogP contribution < -0.4 is 20.5 Å². The summed E-state index contributed by atoms with van der Waals surface area (Å²) in [6.45, 7) is 2.54. The van der Waals surface area contributed by atoms with E-state index >= 15 is 0 Å². The number of amides is 3. The van der Waals surface area contributed by atoms with Crippen LogP contribution in [0, 0.1) is 12.8 Å². The molecule has 3 amide bonds. The van der Waals surface area contributed by atoms with Gasteiger partial charge in [0.05, 0.1) is 38.0 Å². The third kappa shape index (κ3) is 7.11. The first-order valence-corrected chi connectivity index (χ1v) is 10.7. The smallest absolute Gasteiger partial charge is 0.254 e. The van der Waals surface area contributed by atoms with Crippen LogP contribution in [-0.4, -0.2) is 88.7 Å². The van der Waals surface area contributed by atoms with E-state index in [1.54, 1.807) is 33.3 Å². The lowest BCUT2D eigenvalue weighted by Gasteiger charge is -2.27. The molecule has 3 N–H and O–H groups in total. The van der Waals surface area contributed by atoms with Gasteiger partial charge in [-0.3, -0.25) is 24.1 Å². The van der Waals surface area contributed by atoms with Crippen LogP contribution in [0.15, 0.2) is 24.3 Å². The summed E-state index contributed by atoms with van der Waals surface area (Å²) in [7, 11) is 3.19. The number of nitrogens with zero attached hydrogens (tertiary/aromatic N) is 1. The van der Waals surface area contributed by atoms with Crippen LogP contribution in [0.4, 0.5) is 0 Å². The summed E-state index contributed by atoms with van der Waals surface area (Å²) in [6.07, 6.45) is 2.94. The SMILES string of the molecule is COCC(COC)COc1ccc(OCC(CNC(=O)CN)N2C(=O)C=CC2=O)c(C=O)c1C. The summed E-state index contributed by atoms with van der Waals surface area (Å²) in [5.74, 6) is -0.697. The number of rotatable bonds is 15. The van der Waals surface area contributed by atoms with Crippen molar-refractivity contribution in [1.29, 1.82) is 0 Å². The van der Waals surface area contributed by atoms with Gasteiger partial charge >= 0.3 is 0 Å². The average molecular weight is 478 g/mol. The Balaban J connectivity index is 2.14. The zero-order valence-electron chi connectivity index (χ0n) is 19.6. The molecule has 1 unspecified atom stereocenters. The van der Waals surface area contributed by atoms with Crippen molar-refractivity contribution in [2.24, 2.45) is 11.7 Å². The Hall–Kier alpha value is -3.28. The molecular formula is C23H31N3O8. The van der Waals surface area contributed by atoms with Crippen molar-refractivity contribution in [2.45, 2.75) is 13.0 Å². The second-order valence-electron chi connectivity index (χ2n) is 7.66. The Morgan fingerprint density at radius 3 is 2.18 bits per heavy atom. The molecule has 186 valence electrons. The highest BCUT2D eigenvalue weighted by Crippen LogP contribution is 2.29. The van der Waals surface area contributed by atoms with Crippen LogP contribution in [0.5, 0.6) is 11.5 Å². The van der Waals surface area contributed by atoms with Crippen molar-refractivity contribution in [3.05, 3.63) is 35.4 Å². The molecule has 0 aromatic heterocycles. The Morgan fingerprint density at radius 1 is 1.03 bits per heavy atom. The third-order valence-electron chi connectivity index (χ3n) is 5.18. The Kier molecular flexibility index (Phi) is 10.7. The van der Waals surface area contributed by atoms with E-state index in [1.165, 1.54) is 0 Å². The zero-order chi connectivity index (χ0) is 25.1. The maximum Gasteiger partial charge on any atom is 0.254 e. The van der Waals surface area contributed by atoms with Crippen molar-refractivity contribution in [3.63, 3.8) is 0 Å². The average Bonchev–Trinajstić information content (AvgIpc) is 3.16. The number of carbonyl (C=O) groups excluding carboxylic acids is 4. The van der Waals surface area contributed by atoms with Crippen molar-refractivity contribution < 1.29 is 38.1 Å². The molecule has 11 nitrogen and oxygen atoms in total. The van der Waals surface area contributed by atoms with Crippen molar-refractivity contribution in [1.82, 2.24) is 10.2 Å². The maximum atomic E-state index is 12.1. The van der Waals surface area contributed by atoms with Crippen LogP contribution in [0.3, 0.4) is 0 Å². The molecule has 0 saturated heterocycles. The standard InChI is InChI=1S/C23H31N3O8/c1-15-18(10-27)20(5-4-19(15)33-13-16(11-31-2)12-32-3)34-14-17(9-25-21(28)8-24)26-22(29)6-7-23(26)30/h4-7,10,16-17H,8-9,11-14,24H2,1-3H3,(H,25,28). The molecule has 1 aromatic rings. The van der Waals surface area contributed by atoms with Crippen molar-refractivity contribution >= 4 is 24.0 Å². The highest BCUT2D eigenvalue weighted by Gasteiger charge is 2.32. The van der Waals surface area contributed by atoms with Crippen molar-refractivity contribution in [3.8, 4) is 11.5 Å². The van der Waals surface area contributed by atoms with Gasteiger partial charge in [0.1, 0.15) is 18.1 Å². The summed E-state index contributed by atoms with van der Waals surface area (Å²) in [4.78, 5) is 48.7. The Bertz CT molecular complexity index is 894. The number of hydrogen-bond acceptors (Lipinski definition) is 9. The third-order valence-corrected chi connectivity index (χ3v) is 5.18. The molecule has 1 aromatic carbocycles. The van der Waals surface area contributed by atoms with Crippen LogP contribution in [0.2, 0.25) is 0 Å². The Morgan fingerprint density at radius 2 is 1.62 bits per heavy atom. The summed E-state index contributed by atoms with van der Waals surface area (Å²) >= 11 is 0. The molecule has 1 aliphatic heterocycles. The number of nitrogens with two attached hydrogens (primary N) is 1. The van der Waals surface area contributed by atoms with E-state index < -0.39 is 23.8 Å². The van der Waals surface area contributed by atoms with Gasteiger partial charge in [0.15, 0.2) is 6.29 Å². The van der Waals surface area contributed by atoms with Gasteiger partial charge in [-0.2, -0.15) is 0 Å². The number of nitrogens with one attached hydrogen (secondary N) is 1. The van der Waals surface area contributed by atoms with Crippen LogP contribution in [0.1, 0.15) is 15.9 Å². The van der Waals surface area contributed by atoms with Gasteiger partial charge < -0.3 is 30.0 Å². The summed E-state index contributed by atoms with van der Waals surface area (Å²) in [5, 5.41) is 2.56. The fourth-order valence-corrected chi connectivity index (χ4v) is 3.42. The number of carbonyl (C=O) groups is 4. The lowest BCUT2D eigenvalue weighted by molar-refractivity contribution is -0.140. The molecule has 2 rings (SSSR count). The first kappa shape index (κ1) is 27.0. The molecule has 11 heteroatoms. The highest BCUT2D eigenvalue weighted by molar-refractivity contribution is 6.13. The fraction of sp³-hybridized carbons (Fsp3) is 0.478. The predicted octanol–water partition coefficient (Wildman–Crippen LogP) is -0.157. The van der Waals surface area contributed by atoms with Crippen LogP contribution >= 0.6 is 0 Å². The van der Waals surface area contributed by atoms with Crippen LogP contribution in [0.25, 0.3) is 0 Å². The minimum atomic E-state index is -0.801. The van der Waals surface area contributed by atoms with E-state index in [1.807, 2.05) is 0 Å². The van der Waals surface area contributed by atoms with Gasteiger partial charge in [-0.1, -0.05) is 0 Å². The number of methoxy groups -OCH3 is 2. The summed E-state index contributed by atoms with van der Waals surface area (Å²) in [6, 6.07) is 2.45. The molecule has 0 spiro atoms. The molecule has 0 fully saturated rings. The molecule has 0 saturated carbocycles. The van der Waals surface area contributed by atoms with Crippen LogP contribution in [-0.2, 0) is 23.9 Å². The van der Waals surface area contributed by atoms with E-state index in [4.69, 9.17) is 24.7 Å². The second kappa shape index (κ2) is 13.4. The zero-order valence-corrected chi connectivity index (χ0v) is 19.6. The monoisotopic (exact) mass is 477 g/mol. The van der Waals surface area contributed by atoms with Gasteiger partial charge in [0, 0.05) is 44.4 Å². The molecule has 1 aliphatic rings. The van der Waals surface area contributed by atoms with Gasteiger partial charge in [-0.15, -0.1) is 0 Å². The second-order valence-corrected chi connectivity index (χ2v) is 7.66. The molecule has 34 heavy (non-hydrogen) atoms. The predicted molar refractivity (Wildman–Crippen MR) is 122 cm³/mol. The molecular weight excluding hydrogens is 446 g/mol. The lowest BCUT2D eigenvalue weighted by Crippen LogP contribution is -2.50. The quantitative estimate of drug-likeness (QED) is 0.260. The molecule has 1 heterocycles. The van der Waals surface area contributed by atoms with E-state index in [-0.39, 0.29) is 36.9 Å². The van der Waals surface area contributed by atoms with E-state index in [9.17, 15) is 19.2 Å². The van der Waals surface area contributed by atoms with E-state index in [0.717, 1.165) is 17.1 Å². The first-order valence-electron chi connectivity index (χ1n) is 10.7. The lowest BCUT2D eigenvalue weighted by atomic mass is 10.1. The fourth-order valence-electron chi connectivity index (χ4n) is 3.42. The Labute approximate surface area is 198 Å². The van der Waals surface area contributed by atoms with Crippen molar-refractivity contribution in [2.75, 3.05) is 53.7 Å². The first-order chi connectivity index (χ1) is 16.4. The summed E-state index contributed by atoms with van der Waals surface area (Å²) < 4.78 is 22.0. The number of hydrogen-bond donors (Lipinski definition) is 2. The summed E-state index contributed by atoms with van der Waals surface area (Å²) in [5.41, 5.74) is 6.15. The molecule has 0 bridgehead atoms. The van der Waals surface area contributed by atoms with Gasteiger partial charge in [0.2, 0.25) is 5.91 Å². The topological polar surface area (TPSA) is 146 Å². The van der Waals surface area contributed by atoms with Gasteiger partial charge in [0.25, 0.3) is 11.8 Å². The van der Waals surface area contributed by atoms with Gasteiger partial charge in [-0.05, 0) is 19.1 Å². The molecule has 1 atom stereocenters. The maximum absolute atomic E-state index is 12.1. The minimum absolute atomic E-state index is 0.0126.